The van der Waals surface area contributed by atoms with Crippen LogP contribution in [0.25, 0.3) is 10.2 Å². The second-order valence-corrected chi connectivity index (χ2v) is 7.79. The zero-order chi connectivity index (χ0) is 18.8. The number of fused-ring (bicyclic) bond motifs is 1. The van der Waals surface area contributed by atoms with Gasteiger partial charge in [-0.3, -0.25) is 4.79 Å². The van der Waals surface area contributed by atoms with Crippen LogP contribution in [0, 0.1) is 6.92 Å². The summed E-state index contributed by atoms with van der Waals surface area (Å²) >= 11 is 1.67. The average Bonchev–Trinajstić information content (AvgIpc) is 3.25. The number of carbonyl (C=O) groups is 1. The number of benzene rings is 2. The van der Waals surface area contributed by atoms with Gasteiger partial charge in [0, 0.05) is 11.9 Å². The smallest absolute Gasteiger partial charge is 0.268 e. The van der Waals surface area contributed by atoms with Crippen LogP contribution in [-0.4, -0.2) is 10.5 Å². The molecule has 0 saturated carbocycles. The van der Waals surface area contributed by atoms with Crippen LogP contribution in [0.3, 0.4) is 0 Å². The number of rotatable bonds is 5. The molecule has 3 nitrogen and oxygen atoms in total. The highest BCUT2D eigenvalue weighted by Gasteiger charge is 2.19. The van der Waals surface area contributed by atoms with E-state index in [1.54, 1.807) is 11.3 Å². The van der Waals surface area contributed by atoms with Gasteiger partial charge in [0.05, 0.1) is 6.04 Å². The Hall–Kier alpha value is -2.85. The van der Waals surface area contributed by atoms with E-state index in [0.29, 0.717) is 12.2 Å². The van der Waals surface area contributed by atoms with Crippen LogP contribution in [0.15, 0.2) is 72.1 Å². The summed E-state index contributed by atoms with van der Waals surface area (Å²) in [6, 6.07) is 22.5. The molecule has 0 unspecified atom stereocenters. The van der Waals surface area contributed by atoms with E-state index >= 15 is 0 Å². The molecule has 0 spiro atoms. The van der Waals surface area contributed by atoms with Crippen molar-refractivity contribution in [1.82, 2.24) is 9.88 Å². The molecule has 4 aromatic rings. The Bertz CT molecular complexity index is 1080. The molecule has 0 bridgehead atoms. The Morgan fingerprint density at radius 3 is 2.67 bits per heavy atom. The van der Waals surface area contributed by atoms with Crippen LogP contribution in [0.2, 0.25) is 0 Å². The highest BCUT2D eigenvalue weighted by Crippen LogP contribution is 2.27. The maximum Gasteiger partial charge on any atom is 0.268 e. The van der Waals surface area contributed by atoms with Crippen molar-refractivity contribution in [3.63, 3.8) is 0 Å². The zero-order valence-corrected chi connectivity index (χ0v) is 16.3. The number of amides is 1. The molecule has 0 aliphatic rings. The maximum atomic E-state index is 13.0. The zero-order valence-electron chi connectivity index (χ0n) is 15.5. The van der Waals surface area contributed by atoms with Gasteiger partial charge in [0.15, 0.2) is 0 Å². The summed E-state index contributed by atoms with van der Waals surface area (Å²) in [6.45, 7) is 4.80. The third kappa shape index (κ3) is 3.67. The van der Waals surface area contributed by atoms with Gasteiger partial charge >= 0.3 is 0 Å². The highest BCUT2D eigenvalue weighted by molar-refractivity contribution is 7.16. The van der Waals surface area contributed by atoms with Gasteiger partial charge in [-0.15, -0.1) is 11.3 Å². The largest absolute Gasteiger partial charge is 0.344 e. The summed E-state index contributed by atoms with van der Waals surface area (Å²) in [5.41, 5.74) is 4.24. The monoisotopic (exact) mass is 374 g/mol. The van der Waals surface area contributed by atoms with Gasteiger partial charge in [-0.25, -0.2) is 0 Å². The standard InChI is InChI=1S/C23H22N2OS/c1-16-7-6-8-18(13-16)15-25-21(14-20-11-12-27-23(20)25)22(26)24-17(2)19-9-4-3-5-10-19/h3-14,17H,15H2,1-2H3,(H,24,26)/t17-/m1/s1. The lowest BCUT2D eigenvalue weighted by Crippen LogP contribution is -2.28. The Morgan fingerprint density at radius 2 is 1.89 bits per heavy atom. The minimum Gasteiger partial charge on any atom is -0.344 e. The third-order valence-corrected chi connectivity index (χ3v) is 5.76. The predicted octanol–water partition coefficient (Wildman–Crippen LogP) is 5.55. The molecule has 2 heterocycles. The molecule has 0 fully saturated rings. The second kappa shape index (κ2) is 7.41. The van der Waals surface area contributed by atoms with E-state index in [1.807, 2.05) is 43.3 Å². The summed E-state index contributed by atoms with van der Waals surface area (Å²) in [6.07, 6.45) is 0. The van der Waals surface area contributed by atoms with Gasteiger partial charge in [0.1, 0.15) is 10.5 Å². The van der Waals surface area contributed by atoms with Gasteiger partial charge < -0.3 is 9.88 Å². The number of aromatic nitrogens is 1. The van der Waals surface area contributed by atoms with Gasteiger partial charge in [-0.2, -0.15) is 0 Å². The Labute approximate surface area is 163 Å². The fourth-order valence-electron chi connectivity index (χ4n) is 3.41. The Morgan fingerprint density at radius 1 is 1.07 bits per heavy atom. The lowest BCUT2D eigenvalue weighted by atomic mass is 10.1. The number of nitrogens with one attached hydrogen (secondary N) is 1. The lowest BCUT2D eigenvalue weighted by molar-refractivity contribution is 0.0931. The van der Waals surface area contributed by atoms with E-state index in [2.05, 4.69) is 52.5 Å². The number of aryl methyl sites for hydroxylation is 1. The van der Waals surface area contributed by atoms with Crippen LogP contribution < -0.4 is 5.32 Å². The number of carbonyl (C=O) groups excluding carboxylic acids is 1. The van der Waals surface area contributed by atoms with Crippen LogP contribution in [0.5, 0.6) is 0 Å². The van der Waals surface area contributed by atoms with Crippen molar-refractivity contribution in [2.75, 3.05) is 0 Å². The molecule has 0 radical (unpaired) electrons. The second-order valence-electron chi connectivity index (χ2n) is 6.89. The topological polar surface area (TPSA) is 34.0 Å². The number of hydrogen-bond acceptors (Lipinski definition) is 2. The molecule has 4 heteroatoms. The van der Waals surface area contributed by atoms with Crippen molar-refractivity contribution < 1.29 is 4.79 Å². The minimum absolute atomic E-state index is 0.0394. The summed E-state index contributed by atoms with van der Waals surface area (Å²) in [5, 5.41) is 6.34. The number of nitrogens with zero attached hydrogens (tertiary/aromatic N) is 1. The lowest BCUT2D eigenvalue weighted by Gasteiger charge is -2.16. The molecule has 0 aliphatic carbocycles. The minimum atomic E-state index is -0.0425. The maximum absolute atomic E-state index is 13.0. The molecular weight excluding hydrogens is 352 g/mol. The van der Waals surface area contributed by atoms with Crippen molar-refractivity contribution in [1.29, 1.82) is 0 Å². The van der Waals surface area contributed by atoms with Crippen LogP contribution in [-0.2, 0) is 6.54 Å². The van der Waals surface area contributed by atoms with Crippen LogP contribution >= 0.6 is 11.3 Å². The molecule has 2 aromatic heterocycles. The Kier molecular flexibility index (Phi) is 4.82. The summed E-state index contributed by atoms with van der Waals surface area (Å²) < 4.78 is 2.13. The normalized spacial score (nSPS) is 12.2. The summed E-state index contributed by atoms with van der Waals surface area (Å²) in [5.74, 6) is -0.0394. The molecule has 27 heavy (non-hydrogen) atoms. The first-order valence-corrected chi connectivity index (χ1v) is 9.98. The molecule has 4 rings (SSSR count). The van der Waals surface area contributed by atoms with Crippen molar-refractivity contribution >= 4 is 27.5 Å². The van der Waals surface area contributed by atoms with Gasteiger partial charge in [-0.05, 0) is 42.5 Å². The number of thiophene rings is 1. The first kappa shape index (κ1) is 17.6. The van der Waals surface area contributed by atoms with Crippen molar-refractivity contribution in [2.24, 2.45) is 0 Å². The molecule has 1 amide bonds. The quantitative estimate of drug-likeness (QED) is 0.488. The summed E-state index contributed by atoms with van der Waals surface area (Å²) in [7, 11) is 0. The predicted molar refractivity (Wildman–Crippen MR) is 112 cm³/mol. The molecule has 0 aliphatic heterocycles. The summed E-state index contributed by atoms with van der Waals surface area (Å²) in [4.78, 5) is 14.2. The van der Waals surface area contributed by atoms with E-state index < -0.39 is 0 Å². The van der Waals surface area contributed by atoms with Crippen molar-refractivity contribution in [3.8, 4) is 0 Å². The van der Waals surface area contributed by atoms with Gasteiger partial charge in [0.2, 0.25) is 0 Å². The molecule has 1 atom stereocenters. The molecule has 2 aromatic carbocycles. The van der Waals surface area contributed by atoms with E-state index in [4.69, 9.17) is 0 Å². The van der Waals surface area contributed by atoms with E-state index in [-0.39, 0.29) is 11.9 Å². The SMILES string of the molecule is Cc1cccc(Cn2c(C(=O)N[C@H](C)c3ccccc3)cc3ccsc32)c1. The van der Waals surface area contributed by atoms with Gasteiger partial charge in [0.25, 0.3) is 5.91 Å². The van der Waals surface area contributed by atoms with E-state index in [1.165, 1.54) is 11.1 Å². The molecular formula is C23H22N2OS. The van der Waals surface area contributed by atoms with Crippen LogP contribution in [0.4, 0.5) is 0 Å². The number of hydrogen-bond donors (Lipinski definition) is 1. The highest BCUT2D eigenvalue weighted by atomic mass is 32.1. The molecule has 1 N–H and O–H groups in total. The van der Waals surface area contributed by atoms with Gasteiger partial charge in [-0.1, -0.05) is 60.2 Å². The molecule has 136 valence electrons. The first-order valence-electron chi connectivity index (χ1n) is 9.10. The third-order valence-electron chi connectivity index (χ3n) is 4.81. The van der Waals surface area contributed by atoms with Crippen LogP contribution in [0.1, 0.15) is 40.1 Å². The van der Waals surface area contributed by atoms with Crippen molar-refractivity contribution in [3.05, 3.63) is 94.5 Å². The Balaban J connectivity index is 1.65. The fourth-order valence-corrected chi connectivity index (χ4v) is 4.31. The van der Waals surface area contributed by atoms with Crippen molar-refractivity contribution in [2.45, 2.75) is 26.4 Å². The average molecular weight is 375 g/mol. The first-order chi connectivity index (χ1) is 13.1. The molecule has 0 saturated heterocycles. The fraction of sp³-hybridized carbons (Fsp3) is 0.174. The van der Waals surface area contributed by atoms with E-state index in [9.17, 15) is 4.79 Å². The van der Waals surface area contributed by atoms with E-state index in [0.717, 1.165) is 15.8 Å².